The Bertz CT molecular complexity index is 1590. The molecule has 2 atom stereocenters. The maximum absolute atomic E-state index is 13.5. The minimum Gasteiger partial charge on any atom is -0.354 e. The number of pyridine rings is 1. The third-order valence-corrected chi connectivity index (χ3v) is 8.08. The van der Waals surface area contributed by atoms with Crippen LogP contribution in [0.2, 0.25) is 5.02 Å². The number of likely N-dealkylation sites (N-methyl/N-ethyl adjacent to an activating group) is 1. The van der Waals surface area contributed by atoms with Crippen molar-refractivity contribution >= 4 is 47.2 Å². The second kappa shape index (κ2) is 13.3. The molecule has 44 heavy (non-hydrogen) atoms. The number of carbonyl (C=O) groups excluding carboxylic acids is 2. The van der Waals surface area contributed by atoms with Crippen LogP contribution in [0.3, 0.4) is 0 Å². The molecule has 0 saturated carbocycles. The molecule has 1 saturated heterocycles. The monoisotopic (exact) mass is 617 g/mol. The van der Waals surface area contributed by atoms with Gasteiger partial charge in [-0.2, -0.15) is 5.10 Å². The van der Waals surface area contributed by atoms with Crippen LogP contribution >= 0.6 is 11.6 Å². The largest absolute Gasteiger partial charge is 0.354 e. The Morgan fingerprint density at radius 1 is 1.14 bits per heavy atom. The van der Waals surface area contributed by atoms with Gasteiger partial charge in [0.15, 0.2) is 5.84 Å². The second-order valence-corrected chi connectivity index (χ2v) is 11.2. The number of amides is 2. The average Bonchev–Trinajstić information content (AvgIpc) is 3.36. The number of hydrogen-bond acceptors (Lipinski definition) is 10. The highest BCUT2D eigenvalue weighted by atomic mass is 35.5. The molecule has 230 valence electrons. The molecule has 5 rings (SSSR count). The Morgan fingerprint density at radius 3 is 2.64 bits per heavy atom. The van der Waals surface area contributed by atoms with Crippen molar-refractivity contribution in [3.63, 3.8) is 0 Å². The summed E-state index contributed by atoms with van der Waals surface area (Å²) in [4.78, 5) is 46.4. The number of fused-ring (bicyclic) bond motifs is 1. The van der Waals surface area contributed by atoms with Crippen LogP contribution in [0.1, 0.15) is 41.5 Å². The van der Waals surface area contributed by atoms with Crippen molar-refractivity contribution in [2.24, 2.45) is 5.10 Å². The van der Waals surface area contributed by atoms with E-state index in [1.54, 1.807) is 24.9 Å². The van der Waals surface area contributed by atoms with E-state index in [9.17, 15) is 9.59 Å². The summed E-state index contributed by atoms with van der Waals surface area (Å²) in [7, 11) is 3.73. The number of hydrazone groups is 1. The molecule has 13 nitrogen and oxygen atoms in total. The molecule has 2 aliphatic heterocycles. The molecular weight excluding hydrogens is 582 g/mol. The normalized spacial score (nSPS) is 16.8. The zero-order chi connectivity index (χ0) is 31.4. The van der Waals surface area contributed by atoms with Crippen molar-refractivity contribution < 1.29 is 9.59 Å². The standard InChI is InChI=1S/C30H36ClN11O2/c1-18(24-6-5-7-26(36-24)41-12-10-40(4)11-13-41)35-28(43)19(2)42-17-21-9-8-20(14-22(21)29(42)44)27-23(31)16-34-30(38-27)37-25(15-32)39-33-3/h5-9,14-16,18-19,32-33H,10-13,17H2,1-4H3,(H,35,43)(H,34,37,38,39)/t18-,19-/m1/s1. The van der Waals surface area contributed by atoms with Gasteiger partial charge in [0.1, 0.15) is 11.9 Å². The smallest absolute Gasteiger partial charge is 0.255 e. The summed E-state index contributed by atoms with van der Waals surface area (Å²) in [6.07, 6.45) is 2.47. The van der Waals surface area contributed by atoms with Crippen LogP contribution in [0.15, 0.2) is 47.7 Å². The first kappa shape index (κ1) is 30.8. The molecule has 0 spiro atoms. The Kier molecular flexibility index (Phi) is 9.35. The van der Waals surface area contributed by atoms with Crippen molar-refractivity contribution in [1.82, 2.24) is 35.5 Å². The molecule has 2 aliphatic rings. The van der Waals surface area contributed by atoms with Crippen molar-refractivity contribution in [1.29, 1.82) is 5.41 Å². The summed E-state index contributed by atoms with van der Waals surface area (Å²) in [5, 5.41) is 17.6. The maximum atomic E-state index is 13.5. The lowest BCUT2D eigenvalue weighted by molar-refractivity contribution is -0.125. The SMILES string of the molecule is CN/N=C(\C=N)Nc1ncc(Cl)c(-c2ccc3c(c2)C(=O)N([C@H](C)C(=O)N[C@H](C)c2cccc(N4CCN(C)CC4)n2)C3)n1. The lowest BCUT2D eigenvalue weighted by Crippen LogP contribution is -2.46. The number of carbonyl (C=O) groups is 2. The number of benzene rings is 1. The minimum absolute atomic E-state index is 0.193. The van der Waals surface area contributed by atoms with E-state index in [-0.39, 0.29) is 29.6 Å². The number of aromatic nitrogens is 3. The molecule has 4 heterocycles. The molecule has 2 aromatic heterocycles. The quantitative estimate of drug-likeness (QED) is 0.161. The highest BCUT2D eigenvalue weighted by Gasteiger charge is 2.35. The third kappa shape index (κ3) is 6.63. The van der Waals surface area contributed by atoms with Crippen LogP contribution < -0.4 is 21.0 Å². The van der Waals surface area contributed by atoms with Gasteiger partial charge in [-0.15, -0.1) is 0 Å². The van der Waals surface area contributed by atoms with Crippen molar-refractivity contribution in [3.8, 4) is 11.3 Å². The molecule has 14 heteroatoms. The predicted molar refractivity (Wildman–Crippen MR) is 171 cm³/mol. The molecule has 0 aliphatic carbocycles. The molecule has 2 amide bonds. The summed E-state index contributed by atoms with van der Waals surface area (Å²) >= 11 is 6.43. The first-order chi connectivity index (χ1) is 21.2. The van der Waals surface area contributed by atoms with E-state index in [0.29, 0.717) is 28.4 Å². The van der Waals surface area contributed by atoms with Crippen molar-refractivity contribution in [2.75, 3.05) is 50.5 Å². The minimum atomic E-state index is -0.703. The fourth-order valence-corrected chi connectivity index (χ4v) is 5.39. The zero-order valence-corrected chi connectivity index (χ0v) is 25.9. The molecule has 3 aromatic rings. The zero-order valence-electron chi connectivity index (χ0n) is 25.1. The van der Waals surface area contributed by atoms with Crippen molar-refractivity contribution in [2.45, 2.75) is 32.5 Å². The number of halogens is 1. The van der Waals surface area contributed by atoms with Gasteiger partial charge in [0, 0.05) is 50.9 Å². The van der Waals surface area contributed by atoms with Crippen LogP contribution in [0, 0.1) is 5.41 Å². The summed E-state index contributed by atoms with van der Waals surface area (Å²) in [5.74, 6) is 0.797. The van der Waals surface area contributed by atoms with E-state index in [1.807, 2.05) is 37.3 Å². The van der Waals surface area contributed by atoms with Crippen LogP contribution in [0.25, 0.3) is 11.3 Å². The molecule has 1 aromatic carbocycles. The van der Waals surface area contributed by atoms with Crippen LogP contribution in [0.5, 0.6) is 0 Å². The van der Waals surface area contributed by atoms with Gasteiger partial charge in [-0.25, -0.2) is 15.0 Å². The van der Waals surface area contributed by atoms with Gasteiger partial charge >= 0.3 is 0 Å². The Hall–Kier alpha value is -4.62. The number of hydrogen-bond donors (Lipinski definition) is 4. The van der Waals surface area contributed by atoms with Gasteiger partial charge in [0.05, 0.1) is 34.9 Å². The summed E-state index contributed by atoms with van der Waals surface area (Å²) < 4.78 is 0. The van der Waals surface area contributed by atoms with Gasteiger partial charge < -0.3 is 36.2 Å². The van der Waals surface area contributed by atoms with Gasteiger partial charge in [0.2, 0.25) is 11.9 Å². The molecule has 4 N–H and O–H groups in total. The fourth-order valence-electron chi connectivity index (χ4n) is 5.19. The fraction of sp³-hybridized carbons (Fsp3) is 0.367. The molecule has 0 bridgehead atoms. The lowest BCUT2D eigenvalue weighted by Gasteiger charge is -2.33. The van der Waals surface area contributed by atoms with Gasteiger partial charge in [-0.3, -0.25) is 9.59 Å². The van der Waals surface area contributed by atoms with Gasteiger partial charge in [-0.05, 0) is 44.7 Å². The topological polar surface area (TPSA) is 155 Å². The van der Waals surface area contributed by atoms with E-state index in [2.05, 4.69) is 48.0 Å². The predicted octanol–water partition coefficient (Wildman–Crippen LogP) is 2.76. The molecule has 0 unspecified atom stereocenters. The molecule has 0 radical (unpaired) electrons. The van der Waals surface area contributed by atoms with E-state index in [1.165, 1.54) is 6.20 Å². The summed E-state index contributed by atoms with van der Waals surface area (Å²) in [6, 6.07) is 10.2. The van der Waals surface area contributed by atoms with Crippen LogP contribution in [0.4, 0.5) is 11.8 Å². The average molecular weight is 618 g/mol. The molecular formula is C30H36ClN11O2. The lowest BCUT2D eigenvalue weighted by atomic mass is 10.0. The number of rotatable bonds is 9. The number of piperazine rings is 1. The van der Waals surface area contributed by atoms with E-state index < -0.39 is 6.04 Å². The number of amidine groups is 1. The second-order valence-electron chi connectivity index (χ2n) is 10.8. The van der Waals surface area contributed by atoms with E-state index in [4.69, 9.17) is 22.0 Å². The molecule has 1 fully saturated rings. The van der Waals surface area contributed by atoms with E-state index in [0.717, 1.165) is 49.5 Å². The number of nitrogens with one attached hydrogen (secondary N) is 4. The highest BCUT2D eigenvalue weighted by Crippen LogP contribution is 2.32. The third-order valence-electron chi connectivity index (χ3n) is 7.80. The summed E-state index contributed by atoms with van der Waals surface area (Å²) in [6.45, 7) is 7.71. The Balaban J connectivity index is 1.27. The first-order valence-electron chi connectivity index (χ1n) is 14.4. The summed E-state index contributed by atoms with van der Waals surface area (Å²) in [5.41, 5.74) is 5.69. The highest BCUT2D eigenvalue weighted by molar-refractivity contribution is 6.34. The van der Waals surface area contributed by atoms with Crippen LogP contribution in [-0.2, 0) is 11.3 Å². The number of nitrogens with zero attached hydrogens (tertiary/aromatic N) is 7. The van der Waals surface area contributed by atoms with E-state index >= 15 is 0 Å². The van der Waals surface area contributed by atoms with Gasteiger partial charge in [-0.1, -0.05) is 29.8 Å². The maximum Gasteiger partial charge on any atom is 0.255 e. The first-order valence-corrected chi connectivity index (χ1v) is 14.8. The van der Waals surface area contributed by atoms with Crippen LogP contribution in [-0.4, -0.2) is 94.9 Å². The Morgan fingerprint density at radius 2 is 1.91 bits per heavy atom. The number of anilines is 2. The van der Waals surface area contributed by atoms with Crippen molar-refractivity contribution in [3.05, 3.63) is 64.4 Å². The Labute approximate surface area is 261 Å². The van der Waals surface area contributed by atoms with Gasteiger partial charge in [0.25, 0.3) is 5.91 Å².